The van der Waals surface area contributed by atoms with Gasteiger partial charge >= 0.3 is 0 Å². The number of aromatic nitrogens is 2. The number of nitrogens with zero attached hydrogens (tertiary/aromatic N) is 1. The average molecular weight is 254 g/mol. The van der Waals surface area contributed by atoms with Gasteiger partial charge in [0.05, 0.1) is 10.6 Å². The van der Waals surface area contributed by atoms with Crippen LogP contribution in [0.2, 0.25) is 0 Å². The van der Waals surface area contributed by atoms with E-state index in [4.69, 9.17) is 0 Å². The number of fused-ring (bicyclic) bond motifs is 1. The summed E-state index contributed by atoms with van der Waals surface area (Å²) in [5.74, 6) is 0. The van der Waals surface area contributed by atoms with Gasteiger partial charge in [0.15, 0.2) is 0 Å². The number of H-pyrrole nitrogens is 1. The molecular weight excluding hydrogens is 240 g/mol. The summed E-state index contributed by atoms with van der Waals surface area (Å²) >= 11 is 1.77. The first-order valence-corrected chi connectivity index (χ1v) is 6.74. The summed E-state index contributed by atoms with van der Waals surface area (Å²) in [4.78, 5) is 2.48. The monoisotopic (exact) mass is 254 g/mol. The van der Waals surface area contributed by atoms with Gasteiger partial charge in [0, 0.05) is 10.6 Å². The Morgan fingerprint density at radius 1 is 1.00 bits per heavy atom. The second-order valence-corrected chi connectivity index (χ2v) is 5.46. The van der Waals surface area contributed by atoms with Gasteiger partial charge in [0.1, 0.15) is 0 Å². The van der Waals surface area contributed by atoms with Crippen molar-refractivity contribution in [1.29, 1.82) is 0 Å². The molecule has 0 spiro atoms. The third-order valence-corrected chi connectivity index (χ3v) is 4.30. The summed E-state index contributed by atoms with van der Waals surface area (Å²) in [7, 11) is 0. The van der Waals surface area contributed by atoms with Crippen LogP contribution in [0.5, 0.6) is 0 Å². The highest BCUT2D eigenvalue weighted by Crippen LogP contribution is 2.33. The molecule has 3 rings (SSSR count). The number of aryl methyl sites for hydroxylation is 2. The van der Waals surface area contributed by atoms with Crippen LogP contribution in [0.3, 0.4) is 0 Å². The van der Waals surface area contributed by atoms with E-state index >= 15 is 0 Å². The van der Waals surface area contributed by atoms with E-state index in [9.17, 15) is 0 Å². The van der Waals surface area contributed by atoms with Crippen molar-refractivity contribution in [3.63, 3.8) is 0 Å². The fraction of sp³-hybridized carbons (Fsp3) is 0.133. The summed E-state index contributed by atoms with van der Waals surface area (Å²) in [6.45, 7) is 4.09. The maximum absolute atomic E-state index is 4.23. The Hall–Kier alpha value is -1.74. The Morgan fingerprint density at radius 3 is 2.50 bits per heavy atom. The molecule has 0 saturated carbocycles. The van der Waals surface area contributed by atoms with Gasteiger partial charge < -0.3 is 0 Å². The van der Waals surface area contributed by atoms with Gasteiger partial charge in [0.2, 0.25) is 0 Å². The van der Waals surface area contributed by atoms with Gasteiger partial charge in [-0.25, -0.2) is 0 Å². The van der Waals surface area contributed by atoms with E-state index in [-0.39, 0.29) is 0 Å². The van der Waals surface area contributed by atoms with Crippen LogP contribution in [0.25, 0.3) is 10.8 Å². The van der Waals surface area contributed by atoms with Gasteiger partial charge in [-0.3, -0.25) is 5.10 Å². The van der Waals surface area contributed by atoms with Gasteiger partial charge in [-0.1, -0.05) is 42.1 Å². The highest BCUT2D eigenvalue weighted by Gasteiger charge is 2.08. The highest BCUT2D eigenvalue weighted by atomic mass is 32.2. The predicted molar refractivity (Wildman–Crippen MR) is 76.1 cm³/mol. The Kier molecular flexibility index (Phi) is 2.84. The van der Waals surface area contributed by atoms with Crippen molar-refractivity contribution in [1.82, 2.24) is 10.2 Å². The summed E-state index contributed by atoms with van der Waals surface area (Å²) in [6.07, 6.45) is 0. The van der Waals surface area contributed by atoms with Crippen LogP contribution in [0.4, 0.5) is 0 Å². The molecule has 0 aliphatic rings. The van der Waals surface area contributed by atoms with E-state index in [1.807, 2.05) is 6.92 Å². The minimum atomic E-state index is 1.06. The lowest BCUT2D eigenvalue weighted by Gasteiger charge is -2.04. The number of benzene rings is 2. The molecule has 0 aliphatic carbocycles. The Morgan fingerprint density at radius 2 is 1.78 bits per heavy atom. The molecule has 1 N–H and O–H groups in total. The number of nitrogens with one attached hydrogen (secondary N) is 1. The van der Waals surface area contributed by atoms with E-state index in [1.165, 1.54) is 20.6 Å². The molecule has 2 aromatic carbocycles. The van der Waals surface area contributed by atoms with Crippen LogP contribution >= 0.6 is 11.8 Å². The molecule has 3 heteroatoms. The summed E-state index contributed by atoms with van der Waals surface area (Å²) in [5.41, 5.74) is 2.19. The Bertz CT molecular complexity index is 681. The molecule has 1 aromatic heterocycles. The molecular formula is C15H14N2S. The van der Waals surface area contributed by atoms with Crippen LogP contribution in [0.1, 0.15) is 11.4 Å². The topological polar surface area (TPSA) is 28.7 Å². The lowest BCUT2D eigenvalue weighted by molar-refractivity contribution is 1.02. The zero-order valence-electron chi connectivity index (χ0n) is 10.4. The van der Waals surface area contributed by atoms with Crippen LogP contribution < -0.4 is 0 Å². The molecule has 3 aromatic rings. The standard InChI is InChI=1S/C15H14N2S/c1-10-15(11(2)17-16-10)18-14-8-7-12-5-3-4-6-13(12)9-14/h3-9H,1-2H3,(H,16,17). The van der Waals surface area contributed by atoms with Gasteiger partial charge in [-0.2, -0.15) is 5.10 Å². The third-order valence-electron chi connectivity index (χ3n) is 3.00. The Labute approximate surface area is 110 Å². The molecule has 0 fully saturated rings. The van der Waals surface area contributed by atoms with Gasteiger partial charge in [0.25, 0.3) is 0 Å². The molecule has 90 valence electrons. The van der Waals surface area contributed by atoms with Crippen molar-refractivity contribution in [2.75, 3.05) is 0 Å². The number of aromatic amines is 1. The smallest absolute Gasteiger partial charge is 0.0733 e. The molecule has 0 amide bonds. The molecule has 1 heterocycles. The molecule has 0 bridgehead atoms. The second-order valence-electron chi connectivity index (χ2n) is 4.37. The average Bonchev–Trinajstić information content (AvgIpc) is 2.70. The predicted octanol–water partition coefficient (Wildman–Crippen LogP) is 4.33. The maximum atomic E-state index is 4.23. The second kappa shape index (κ2) is 4.50. The van der Waals surface area contributed by atoms with E-state index in [0.717, 1.165) is 11.4 Å². The van der Waals surface area contributed by atoms with E-state index in [2.05, 4.69) is 59.6 Å². The van der Waals surface area contributed by atoms with Crippen LogP contribution in [-0.4, -0.2) is 10.2 Å². The van der Waals surface area contributed by atoms with E-state index in [1.54, 1.807) is 11.8 Å². The molecule has 0 aliphatic heterocycles. The quantitative estimate of drug-likeness (QED) is 0.737. The van der Waals surface area contributed by atoms with Crippen molar-refractivity contribution in [3.8, 4) is 0 Å². The van der Waals surface area contributed by atoms with Gasteiger partial charge in [-0.15, -0.1) is 0 Å². The zero-order chi connectivity index (χ0) is 12.5. The van der Waals surface area contributed by atoms with Crippen LogP contribution in [0, 0.1) is 13.8 Å². The van der Waals surface area contributed by atoms with Crippen LogP contribution in [-0.2, 0) is 0 Å². The zero-order valence-corrected chi connectivity index (χ0v) is 11.2. The molecule has 0 atom stereocenters. The van der Waals surface area contributed by atoms with Crippen molar-refractivity contribution < 1.29 is 0 Å². The first-order chi connectivity index (χ1) is 8.74. The van der Waals surface area contributed by atoms with Crippen molar-refractivity contribution in [2.24, 2.45) is 0 Å². The fourth-order valence-electron chi connectivity index (χ4n) is 2.04. The van der Waals surface area contributed by atoms with E-state index in [0.29, 0.717) is 0 Å². The molecule has 2 nitrogen and oxygen atoms in total. The van der Waals surface area contributed by atoms with Crippen LogP contribution in [0.15, 0.2) is 52.3 Å². The van der Waals surface area contributed by atoms with E-state index < -0.39 is 0 Å². The summed E-state index contributed by atoms with van der Waals surface area (Å²) in [5, 5.41) is 9.81. The molecule has 18 heavy (non-hydrogen) atoms. The minimum Gasteiger partial charge on any atom is -0.281 e. The largest absolute Gasteiger partial charge is 0.281 e. The highest BCUT2D eigenvalue weighted by molar-refractivity contribution is 7.99. The SMILES string of the molecule is Cc1n[nH]c(C)c1Sc1ccc2ccccc2c1. The van der Waals surface area contributed by atoms with Gasteiger partial charge in [-0.05, 0) is 36.8 Å². The van der Waals surface area contributed by atoms with Crippen molar-refractivity contribution in [3.05, 3.63) is 53.9 Å². The van der Waals surface area contributed by atoms with Crippen molar-refractivity contribution >= 4 is 22.5 Å². The number of hydrogen-bond donors (Lipinski definition) is 1. The normalized spacial score (nSPS) is 11.0. The molecule has 0 radical (unpaired) electrons. The molecule has 0 unspecified atom stereocenters. The lowest BCUT2D eigenvalue weighted by Crippen LogP contribution is -1.79. The minimum absolute atomic E-state index is 1.06. The lowest BCUT2D eigenvalue weighted by atomic mass is 10.1. The summed E-state index contributed by atoms with van der Waals surface area (Å²) in [6, 6.07) is 15.0. The fourth-order valence-corrected chi connectivity index (χ4v) is 2.99. The molecule has 0 saturated heterocycles. The summed E-state index contributed by atoms with van der Waals surface area (Å²) < 4.78 is 0. The first-order valence-electron chi connectivity index (χ1n) is 5.92. The first kappa shape index (κ1) is 11.4. The van der Waals surface area contributed by atoms with Crippen molar-refractivity contribution in [2.45, 2.75) is 23.6 Å². The third kappa shape index (κ3) is 2.02. The number of hydrogen-bond acceptors (Lipinski definition) is 2. The maximum Gasteiger partial charge on any atom is 0.0733 e. The number of rotatable bonds is 2. The Balaban J connectivity index is 2.00.